The molecule has 0 fully saturated rings. The number of nitro groups is 1. The van der Waals surface area contributed by atoms with Crippen molar-refractivity contribution in [2.24, 2.45) is 0 Å². The first kappa shape index (κ1) is 29.1. The summed E-state index contributed by atoms with van der Waals surface area (Å²) >= 11 is 0. The highest BCUT2D eigenvalue weighted by molar-refractivity contribution is 6.02. The van der Waals surface area contributed by atoms with E-state index in [0.717, 1.165) is 6.07 Å². The Bertz CT molecular complexity index is 1450. The predicted octanol–water partition coefficient (Wildman–Crippen LogP) is 3.39. The molecule has 3 rings (SSSR count). The fourth-order valence-corrected chi connectivity index (χ4v) is 3.42. The molecule has 0 aliphatic heterocycles. The van der Waals surface area contributed by atoms with Crippen molar-refractivity contribution in [2.75, 3.05) is 19.5 Å². The van der Waals surface area contributed by atoms with Crippen molar-refractivity contribution < 1.29 is 48.2 Å². The summed E-state index contributed by atoms with van der Waals surface area (Å²) in [5.41, 5.74) is -0.211. The van der Waals surface area contributed by atoms with Gasteiger partial charge < -0.3 is 29.4 Å². The largest absolute Gasteiger partial charge is 0.497 e. The molecule has 0 aromatic heterocycles. The number of benzene rings is 3. The first-order valence-electron chi connectivity index (χ1n) is 11.5. The molecule has 13 heteroatoms. The lowest BCUT2D eigenvalue weighted by molar-refractivity contribution is -0.384. The van der Waals surface area contributed by atoms with Crippen LogP contribution in [0.1, 0.15) is 26.3 Å². The Labute approximate surface area is 227 Å². The summed E-state index contributed by atoms with van der Waals surface area (Å²) < 4.78 is 20.5. The van der Waals surface area contributed by atoms with Gasteiger partial charge >= 0.3 is 17.9 Å². The SMILES string of the molecule is COc1cccc(C(=O)O[C@H](C(=O)O)[C@H](OC(=O)c2cccc(OC)c2)C(=O)Nc2cc([N+](=O)[O-])ccc2C)c1. The highest BCUT2D eigenvalue weighted by Crippen LogP contribution is 2.24. The molecule has 0 bridgehead atoms. The normalized spacial score (nSPS) is 11.9. The second-order valence-corrected chi connectivity index (χ2v) is 8.20. The Hall–Kier alpha value is -5.46. The average Bonchev–Trinajstić information content (AvgIpc) is 2.95. The third-order valence-electron chi connectivity index (χ3n) is 5.55. The molecule has 1 amide bonds. The molecule has 0 saturated heterocycles. The number of carbonyl (C=O) groups excluding carboxylic acids is 3. The molecule has 0 aliphatic rings. The van der Waals surface area contributed by atoms with Gasteiger partial charge in [0.2, 0.25) is 12.2 Å². The number of aryl methyl sites for hydroxylation is 1. The zero-order valence-corrected chi connectivity index (χ0v) is 21.5. The van der Waals surface area contributed by atoms with Crippen LogP contribution in [-0.4, -0.2) is 60.3 Å². The van der Waals surface area contributed by atoms with Gasteiger partial charge in [-0.05, 0) is 48.9 Å². The summed E-state index contributed by atoms with van der Waals surface area (Å²) in [6.07, 6.45) is -4.53. The van der Waals surface area contributed by atoms with E-state index >= 15 is 0 Å². The van der Waals surface area contributed by atoms with Gasteiger partial charge in [0.25, 0.3) is 11.6 Å². The molecule has 0 spiro atoms. The van der Waals surface area contributed by atoms with E-state index in [1.54, 1.807) is 12.1 Å². The fraction of sp³-hybridized carbons (Fsp3) is 0.185. The second kappa shape index (κ2) is 12.9. The summed E-state index contributed by atoms with van der Waals surface area (Å²) in [4.78, 5) is 61.9. The van der Waals surface area contributed by atoms with Crippen LogP contribution < -0.4 is 14.8 Å². The molecule has 0 radical (unpaired) electrons. The molecule has 2 atom stereocenters. The van der Waals surface area contributed by atoms with Crippen molar-refractivity contribution in [3.05, 3.63) is 93.5 Å². The molecular weight excluding hydrogens is 528 g/mol. The maximum absolute atomic E-state index is 13.3. The quantitative estimate of drug-likeness (QED) is 0.202. The molecule has 2 N–H and O–H groups in total. The summed E-state index contributed by atoms with van der Waals surface area (Å²) in [6, 6.07) is 14.9. The van der Waals surface area contributed by atoms with Crippen molar-refractivity contribution >= 4 is 35.2 Å². The molecule has 3 aromatic carbocycles. The number of nitro benzene ring substituents is 1. The van der Waals surface area contributed by atoms with Gasteiger partial charge in [0.1, 0.15) is 11.5 Å². The Balaban J connectivity index is 1.98. The monoisotopic (exact) mass is 552 g/mol. The number of hydrogen-bond acceptors (Lipinski definition) is 10. The van der Waals surface area contributed by atoms with Gasteiger partial charge in [-0.25, -0.2) is 14.4 Å². The van der Waals surface area contributed by atoms with Gasteiger partial charge in [-0.3, -0.25) is 14.9 Å². The molecule has 13 nitrogen and oxygen atoms in total. The smallest absolute Gasteiger partial charge is 0.349 e. The third kappa shape index (κ3) is 7.10. The van der Waals surface area contributed by atoms with Crippen molar-refractivity contribution in [1.82, 2.24) is 0 Å². The van der Waals surface area contributed by atoms with Crippen molar-refractivity contribution in [1.29, 1.82) is 0 Å². The number of esters is 2. The Morgan fingerprint density at radius 1 is 0.825 bits per heavy atom. The molecule has 3 aromatic rings. The number of ether oxygens (including phenoxy) is 4. The van der Waals surface area contributed by atoms with Crippen LogP contribution >= 0.6 is 0 Å². The van der Waals surface area contributed by atoms with E-state index < -0.39 is 40.9 Å². The minimum absolute atomic E-state index is 0.0510. The molecule has 0 aliphatic carbocycles. The lowest BCUT2D eigenvalue weighted by Crippen LogP contribution is -2.48. The molecule has 208 valence electrons. The van der Waals surface area contributed by atoms with E-state index in [0.29, 0.717) is 5.56 Å². The van der Waals surface area contributed by atoms with Crippen LogP contribution in [0.2, 0.25) is 0 Å². The standard InChI is InChI=1S/C27H24N2O11/c1-15-10-11-18(29(35)36)14-21(15)28-24(30)22(39-26(33)16-6-4-8-19(12-16)37-2)23(25(31)32)40-27(34)17-7-5-9-20(13-17)38-3/h4-14,22-23H,1-3H3,(H,28,30)(H,31,32)/t22-,23-/m0/s1. The lowest BCUT2D eigenvalue weighted by Gasteiger charge is -2.24. The number of nitrogens with one attached hydrogen (secondary N) is 1. The number of carbonyl (C=O) groups is 4. The number of carboxylic acid groups (broad SMARTS) is 1. The maximum atomic E-state index is 13.3. The zero-order valence-electron chi connectivity index (χ0n) is 21.5. The van der Waals surface area contributed by atoms with Crippen molar-refractivity contribution in [3.63, 3.8) is 0 Å². The van der Waals surface area contributed by atoms with Crippen LogP contribution in [-0.2, 0) is 19.1 Å². The van der Waals surface area contributed by atoms with Crippen LogP contribution in [0.25, 0.3) is 0 Å². The number of nitrogens with zero attached hydrogens (tertiary/aromatic N) is 1. The molecular formula is C27H24N2O11. The van der Waals surface area contributed by atoms with Gasteiger partial charge in [0.05, 0.1) is 36.0 Å². The number of aliphatic carboxylic acids is 1. The van der Waals surface area contributed by atoms with E-state index in [9.17, 15) is 34.4 Å². The first-order chi connectivity index (χ1) is 19.0. The van der Waals surface area contributed by atoms with Crippen LogP contribution in [0.15, 0.2) is 66.7 Å². The molecule has 0 unspecified atom stereocenters. The van der Waals surface area contributed by atoms with Crippen LogP contribution in [0.4, 0.5) is 11.4 Å². The number of carboxylic acids is 1. The van der Waals surface area contributed by atoms with E-state index in [1.165, 1.54) is 69.7 Å². The number of methoxy groups -OCH3 is 2. The minimum Gasteiger partial charge on any atom is -0.497 e. The molecule has 40 heavy (non-hydrogen) atoms. The predicted molar refractivity (Wildman–Crippen MR) is 138 cm³/mol. The van der Waals surface area contributed by atoms with Crippen LogP contribution in [0.3, 0.4) is 0 Å². The zero-order chi connectivity index (χ0) is 29.4. The number of hydrogen-bond donors (Lipinski definition) is 2. The van der Waals surface area contributed by atoms with E-state index in [4.69, 9.17) is 18.9 Å². The van der Waals surface area contributed by atoms with Gasteiger partial charge in [0, 0.05) is 12.1 Å². The fourth-order valence-electron chi connectivity index (χ4n) is 3.42. The Morgan fingerprint density at radius 3 is 1.82 bits per heavy atom. The van der Waals surface area contributed by atoms with Crippen molar-refractivity contribution in [3.8, 4) is 11.5 Å². The van der Waals surface area contributed by atoms with Gasteiger partial charge in [-0.2, -0.15) is 0 Å². The summed E-state index contributed by atoms with van der Waals surface area (Å²) in [7, 11) is 2.72. The van der Waals surface area contributed by atoms with E-state index in [2.05, 4.69) is 5.32 Å². The Kier molecular flexibility index (Phi) is 9.36. The first-order valence-corrected chi connectivity index (χ1v) is 11.5. The van der Waals surface area contributed by atoms with Crippen LogP contribution in [0.5, 0.6) is 11.5 Å². The topological polar surface area (TPSA) is 181 Å². The summed E-state index contributed by atoms with van der Waals surface area (Å²) in [5.74, 6) is -4.73. The number of non-ortho nitro benzene ring substituents is 1. The second-order valence-electron chi connectivity index (χ2n) is 8.20. The van der Waals surface area contributed by atoms with E-state index in [-0.39, 0.29) is 34.0 Å². The number of amides is 1. The summed E-state index contributed by atoms with van der Waals surface area (Å²) in [5, 5.41) is 23.4. The van der Waals surface area contributed by atoms with E-state index in [1.807, 2.05) is 0 Å². The third-order valence-corrected chi connectivity index (χ3v) is 5.55. The molecule has 0 saturated carbocycles. The van der Waals surface area contributed by atoms with Gasteiger partial charge in [-0.15, -0.1) is 0 Å². The maximum Gasteiger partial charge on any atom is 0.349 e. The average molecular weight is 552 g/mol. The summed E-state index contributed by atoms with van der Waals surface area (Å²) in [6.45, 7) is 1.54. The van der Waals surface area contributed by atoms with Gasteiger partial charge in [0.15, 0.2) is 0 Å². The minimum atomic E-state index is -2.31. The number of rotatable bonds is 11. The van der Waals surface area contributed by atoms with Gasteiger partial charge in [-0.1, -0.05) is 18.2 Å². The highest BCUT2D eigenvalue weighted by atomic mass is 16.6. The Morgan fingerprint density at radius 2 is 1.35 bits per heavy atom. The van der Waals surface area contributed by atoms with Crippen molar-refractivity contribution in [2.45, 2.75) is 19.1 Å². The molecule has 0 heterocycles. The highest BCUT2D eigenvalue weighted by Gasteiger charge is 2.41. The lowest BCUT2D eigenvalue weighted by atomic mass is 10.1. The van der Waals surface area contributed by atoms with Crippen LogP contribution in [0, 0.1) is 17.0 Å². The number of anilines is 1.